The average Bonchev–Trinajstić information content (AvgIpc) is 2.89. The second-order valence-electron chi connectivity index (χ2n) is 6.80. The summed E-state index contributed by atoms with van der Waals surface area (Å²) in [5, 5.41) is 3.79. The summed E-state index contributed by atoms with van der Waals surface area (Å²) in [6.07, 6.45) is 2.20. The summed E-state index contributed by atoms with van der Waals surface area (Å²) in [5.41, 5.74) is 1.38. The Bertz CT molecular complexity index is 927. The first-order valence-electron chi connectivity index (χ1n) is 8.70. The number of nitrogens with one attached hydrogen (secondary N) is 1. The van der Waals surface area contributed by atoms with Crippen molar-refractivity contribution >= 4 is 35.1 Å². The molecule has 0 radical (unpaired) electrons. The SMILES string of the molecule is COc1ccc2c(c1)CCCC21NC(=O)N(Cc2c(Cl)cccc2Cl)C1=O. The number of halogens is 2. The number of amides is 3. The molecule has 1 saturated heterocycles. The van der Waals surface area contributed by atoms with E-state index in [1.54, 1.807) is 25.3 Å². The van der Waals surface area contributed by atoms with Crippen molar-refractivity contribution in [3.63, 3.8) is 0 Å². The van der Waals surface area contributed by atoms with Crippen LogP contribution in [0.25, 0.3) is 0 Å². The van der Waals surface area contributed by atoms with Gasteiger partial charge in [0.2, 0.25) is 0 Å². The van der Waals surface area contributed by atoms with E-state index in [1.807, 2.05) is 18.2 Å². The number of carbonyl (C=O) groups is 2. The fourth-order valence-corrected chi connectivity index (χ4v) is 4.48. The molecule has 1 aliphatic heterocycles. The highest BCUT2D eigenvalue weighted by Gasteiger charge is 2.54. The van der Waals surface area contributed by atoms with E-state index in [2.05, 4.69) is 5.32 Å². The van der Waals surface area contributed by atoms with Gasteiger partial charge in [-0.3, -0.25) is 9.69 Å². The number of urea groups is 1. The third-order valence-corrected chi connectivity index (χ3v) is 6.03. The molecule has 0 saturated carbocycles. The lowest BCUT2D eigenvalue weighted by molar-refractivity contribution is -0.132. The maximum absolute atomic E-state index is 13.4. The molecule has 2 aromatic rings. The number of aryl methyl sites for hydroxylation is 1. The van der Waals surface area contributed by atoms with Crippen molar-refractivity contribution in [2.45, 2.75) is 31.3 Å². The predicted octanol–water partition coefficient (Wildman–Crippen LogP) is 4.29. The molecule has 2 aliphatic rings. The van der Waals surface area contributed by atoms with Crippen LogP contribution in [0, 0.1) is 0 Å². The number of rotatable bonds is 3. The smallest absolute Gasteiger partial charge is 0.325 e. The van der Waals surface area contributed by atoms with Gasteiger partial charge in [-0.25, -0.2) is 4.79 Å². The lowest BCUT2D eigenvalue weighted by Gasteiger charge is -2.33. The van der Waals surface area contributed by atoms with Crippen molar-refractivity contribution in [2.75, 3.05) is 7.11 Å². The summed E-state index contributed by atoms with van der Waals surface area (Å²) < 4.78 is 5.29. The van der Waals surface area contributed by atoms with Crippen LogP contribution in [0.1, 0.15) is 29.5 Å². The van der Waals surface area contributed by atoms with Crippen LogP contribution >= 0.6 is 23.2 Å². The summed E-state index contributed by atoms with van der Waals surface area (Å²) in [6, 6.07) is 10.3. The zero-order chi connectivity index (χ0) is 19.2. The maximum atomic E-state index is 13.4. The molecule has 0 aromatic heterocycles. The van der Waals surface area contributed by atoms with Gasteiger partial charge in [-0.15, -0.1) is 0 Å². The Kier molecular flexibility index (Phi) is 4.52. The number of methoxy groups -OCH3 is 1. The van der Waals surface area contributed by atoms with E-state index in [9.17, 15) is 9.59 Å². The predicted molar refractivity (Wildman–Crippen MR) is 103 cm³/mol. The van der Waals surface area contributed by atoms with Crippen molar-refractivity contribution in [2.24, 2.45) is 0 Å². The number of benzene rings is 2. The van der Waals surface area contributed by atoms with Gasteiger partial charge in [0.15, 0.2) is 0 Å². The van der Waals surface area contributed by atoms with E-state index in [0.29, 0.717) is 22.0 Å². The number of hydrogen-bond donors (Lipinski definition) is 1. The van der Waals surface area contributed by atoms with E-state index in [-0.39, 0.29) is 12.5 Å². The summed E-state index contributed by atoms with van der Waals surface area (Å²) in [6.45, 7) is 0.0381. The van der Waals surface area contributed by atoms with Crippen molar-refractivity contribution in [3.05, 3.63) is 63.1 Å². The van der Waals surface area contributed by atoms with Crippen molar-refractivity contribution in [3.8, 4) is 5.75 Å². The Balaban J connectivity index is 1.72. The van der Waals surface area contributed by atoms with E-state index in [4.69, 9.17) is 27.9 Å². The van der Waals surface area contributed by atoms with Crippen LogP contribution in [-0.2, 0) is 23.3 Å². The van der Waals surface area contributed by atoms with Crippen LogP contribution in [-0.4, -0.2) is 23.9 Å². The first-order chi connectivity index (χ1) is 13.0. The quantitative estimate of drug-likeness (QED) is 0.776. The highest BCUT2D eigenvalue weighted by Crippen LogP contribution is 2.42. The lowest BCUT2D eigenvalue weighted by atomic mass is 9.76. The molecular formula is C20H18Cl2N2O3. The molecule has 2 aromatic carbocycles. The molecule has 1 aliphatic carbocycles. The van der Waals surface area contributed by atoms with Gasteiger partial charge in [0.25, 0.3) is 5.91 Å². The summed E-state index contributed by atoms with van der Waals surface area (Å²) in [4.78, 5) is 27.3. The summed E-state index contributed by atoms with van der Waals surface area (Å²) >= 11 is 12.5. The average molecular weight is 405 g/mol. The highest BCUT2D eigenvalue weighted by molar-refractivity contribution is 6.36. The zero-order valence-corrected chi connectivity index (χ0v) is 16.2. The first-order valence-corrected chi connectivity index (χ1v) is 9.46. The Morgan fingerprint density at radius 3 is 2.63 bits per heavy atom. The number of fused-ring (bicyclic) bond motifs is 2. The monoisotopic (exact) mass is 404 g/mol. The Labute approximate surface area is 167 Å². The zero-order valence-electron chi connectivity index (χ0n) is 14.7. The number of imide groups is 1. The van der Waals surface area contributed by atoms with Gasteiger partial charge in [0, 0.05) is 15.6 Å². The molecule has 27 heavy (non-hydrogen) atoms. The number of nitrogens with zero attached hydrogens (tertiary/aromatic N) is 1. The molecule has 140 valence electrons. The van der Waals surface area contributed by atoms with Crippen molar-refractivity contribution in [1.29, 1.82) is 0 Å². The van der Waals surface area contributed by atoms with E-state index >= 15 is 0 Å². The molecule has 1 spiro atoms. The standard InChI is InChI=1S/C20H18Cl2N2O3/c1-27-13-7-8-15-12(10-13)4-3-9-20(15)18(25)24(19(26)23-20)11-14-16(21)5-2-6-17(14)22/h2,5-8,10H,3-4,9,11H2,1H3,(H,23,26). The maximum Gasteiger partial charge on any atom is 0.325 e. The highest BCUT2D eigenvalue weighted by atomic mass is 35.5. The van der Waals surface area contributed by atoms with Gasteiger partial charge >= 0.3 is 6.03 Å². The molecule has 1 atom stereocenters. The fraction of sp³-hybridized carbons (Fsp3) is 0.300. The first kappa shape index (κ1) is 18.1. The summed E-state index contributed by atoms with van der Waals surface area (Å²) in [7, 11) is 1.61. The molecule has 7 heteroatoms. The van der Waals surface area contributed by atoms with Crippen LogP contribution in [0.15, 0.2) is 36.4 Å². The van der Waals surface area contributed by atoms with Crippen molar-refractivity contribution in [1.82, 2.24) is 10.2 Å². The van der Waals surface area contributed by atoms with E-state index in [1.165, 1.54) is 4.90 Å². The van der Waals surface area contributed by atoms with Crippen LogP contribution in [0.5, 0.6) is 5.75 Å². The molecule has 1 fully saturated rings. The molecule has 4 rings (SSSR count). The third kappa shape index (κ3) is 2.86. The molecule has 1 heterocycles. The molecule has 3 amide bonds. The minimum Gasteiger partial charge on any atom is -0.497 e. The topological polar surface area (TPSA) is 58.6 Å². The normalized spacial score (nSPS) is 21.4. The lowest BCUT2D eigenvalue weighted by Crippen LogP contribution is -2.46. The largest absolute Gasteiger partial charge is 0.497 e. The fourth-order valence-electron chi connectivity index (χ4n) is 3.96. The molecule has 0 bridgehead atoms. The summed E-state index contributed by atoms with van der Waals surface area (Å²) in [5.74, 6) is 0.469. The number of ether oxygens (including phenoxy) is 1. The number of hydrogen-bond acceptors (Lipinski definition) is 3. The molecule has 1 unspecified atom stereocenters. The molecule has 1 N–H and O–H groups in total. The molecular weight excluding hydrogens is 387 g/mol. The van der Waals surface area contributed by atoms with Gasteiger partial charge in [0.1, 0.15) is 11.3 Å². The van der Waals surface area contributed by atoms with Crippen LogP contribution in [0.2, 0.25) is 10.0 Å². The minimum absolute atomic E-state index is 0.0381. The van der Waals surface area contributed by atoms with Crippen LogP contribution in [0.4, 0.5) is 4.79 Å². The van der Waals surface area contributed by atoms with Gasteiger partial charge in [0.05, 0.1) is 13.7 Å². The van der Waals surface area contributed by atoms with E-state index < -0.39 is 11.6 Å². The second kappa shape index (κ2) is 6.73. The van der Waals surface area contributed by atoms with Crippen LogP contribution < -0.4 is 10.1 Å². The van der Waals surface area contributed by atoms with Crippen molar-refractivity contribution < 1.29 is 14.3 Å². The Hall–Kier alpha value is -2.24. The Morgan fingerprint density at radius 2 is 1.93 bits per heavy atom. The molecule has 5 nitrogen and oxygen atoms in total. The van der Waals surface area contributed by atoms with Gasteiger partial charge in [-0.2, -0.15) is 0 Å². The second-order valence-corrected chi connectivity index (χ2v) is 7.62. The van der Waals surface area contributed by atoms with E-state index in [0.717, 1.165) is 29.7 Å². The van der Waals surface area contributed by atoms with Gasteiger partial charge in [-0.05, 0) is 54.7 Å². The minimum atomic E-state index is -1.04. The number of carbonyl (C=O) groups excluding carboxylic acids is 2. The Morgan fingerprint density at radius 1 is 1.19 bits per heavy atom. The third-order valence-electron chi connectivity index (χ3n) is 5.32. The van der Waals surface area contributed by atoms with Gasteiger partial charge < -0.3 is 10.1 Å². The van der Waals surface area contributed by atoms with Gasteiger partial charge in [-0.1, -0.05) is 35.3 Å². The van der Waals surface area contributed by atoms with Crippen LogP contribution in [0.3, 0.4) is 0 Å².